The van der Waals surface area contributed by atoms with Crippen LogP contribution in [0.5, 0.6) is 0 Å². The molecule has 0 aromatic heterocycles. The molecule has 2 saturated heterocycles. The Hall–Kier alpha value is -0.904. The summed E-state index contributed by atoms with van der Waals surface area (Å²) in [4.78, 5) is 51.2. The first-order chi connectivity index (χ1) is 26.8. The number of hydrogen-bond donors (Lipinski definition) is 7. The zero-order valence-corrected chi connectivity index (χ0v) is 38.5. The van der Waals surface area contributed by atoms with Crippen molar-refractivity contribution in [2.45, 2.75) is 174 Å². The zero-order chi connectivity index (χ0) is 42.9. The summed E-state index contributed by atoms with van der Waals surface area (Å²) in [6.07, 6.45) is -12.5. The summed E-state index contributed by atoms with van der Waals surface area (Å²) in [6.45, 7) is 14.7. The second kappa shape index (κ2) is 16.0. The van der Waals surface area contributed by atoms with Gasteiger partial charge in [-0.25, -0.2) is 9.59 Å². The van der Waals surface area contributed by atoms with Crippen molar-refractivity contribution in [1.29, 1.82) is 0 Å². The van der Waals surface area contributed by atoms with E-state index in [0.717, 1.165) is 24.8 Å². The molecule has 7 aliphatic rings. The molecule has 2 heterocycles. The molecule has 2 aliphatic heterocycles. The molecule has 0 unspecified atom stereocenters. The largest absolute Gasteiger partial charge is 1.00 e. The zero-order valence-electron chi connectivity index (χ0n) is 35.3. The Balaban J connectivity index is 0.00000585. The van der Waals surface area contributed by atoms with Gasteiger partial charge in [-0.3, -0.25) is 4.79 Å². The van der Waals surface area contributed by atoms with E-state index >= 15 is 0 Å². The fourth-order valence-electron chi connectivity index (χ4n) is 13.4. The average molecular weight is 861 g/mol. The molecule has 5 aliphatic carbocycles. The van der Waals surface area contributed by atoms with Gasteiger partial charge in [-0.2, -0.15) is 0 Å². The smallest absolute Gasteiger partial charge is 0.550 e. The van der Waals surface area contributed by atoms with Gasteiger partial charge >= 0.3 is 63.3 Å². The van der Waals surface area contributed by atoms with E-state index in [-0.39, 0.29) is 85.8 Å². The standard InChI is InChI=1S/C42H62O16.K/c1-37(2)21-8-11-42(7)31(20(43)16-18-19-17-39(4,36(53)54)13-12-38(19,3)14-15-41(18,42)6)40(21,5)10-9-22(37)55-35-30(26(47)25(46)29(57-35)33(51)52)58-34-27(48)23(44)24(45)28(56-34)32(49)50;/h16,19,21-31,34-35,44-48H,8-15,17H2,1-7H3,(H,49,50)(H,51,52)(H,53,54);/q;+1/p-1/t19-,21-,22-,23-,24-,25-,26-,27+,28-,29-,30+,31+,34-,35+,38+,39-,40-,41+,42+;/m0./s1. The predicted octanol–water partition coefficient (Wildman–Crippen LogP) is -2.09. The minimum atomic E-state index is -2.05. The number of hydrogen-bond acceptors (Lipinski definition) is 14. The molecule has 0 aromatic rings. The second-order valence-corrected chi connectivity index (χ2v) is 20.6. The molecule has 7 N–H and O–H groups in total. The molecule has 0 aromatic carbocycles. The molecule has 4 saturated carbocycles. The van der Waals surface area contributed by atoms with Crippen molar-refractivity contribution in [3.8, 4) is 0 Å². The normalized spacial score (nSPS) is 51.7. The maximum absolute atomic E-state index is 14.8. The van der Waals surface area contributed by atoms with Gasteiger partial charge in [0.1, 0.15) is 36.6 Å². The van der Waals surface area contributed by atoms with Gasteiger partial charge in [0.15, 0.2) is 30.6 Å². The topological polar surface area (TPSA) is 270 Å². The van der Waals surface area contributed by atoms with Gasteiger partial charge in [0.05, 0.1) is 6.10 Å². The third kappa shape index (κ3) is 7.21. The molecular formula is C42H61KO16. The Morgan fingerprint density at radius 2 is 1.31 bits per heavy atom. The first-order valence-electron chi connectivity index (χ1n) is 20.7. The van der Waals surface area contributed by atoms with Crippen molar-refractivity contribution in [3.63, 3.8) is 0 Å². The first kappa shape index (κ1) is 47.6. The number of carbonyl (C=O) groups is 4. The number of rotatable bonds is 7. The van der Waals surface area contributed by atoms with Gasteiger partial charge in [0.25, 0.3) is 0 Å². The van der Waals surface area contributed by atoms with Crippen LogP contribution >= 0.6 is 0 Å². The van der Waals surface area contributed by atoms with E-state index < -0.39 is 107 Å². The maximum Gasteiger partial charge on any atom is 1.00 e. The Morgan fingerprint density at radius 1 is 0.729 bits per heavy atom. The van der Waals surface area contributed by atoms with E-state index in [4.69, 9.17) is 18.9 Å². The first-order valence-corrected chi connectivity index (χ1v) is 20.7. The number of fused-ring (bicyclic) bond motifs is 7. The summed E-state index contributed by atoms with van der Waals surface area (Å²) in [5.74, 6) is -4.80. The molecule has 326 valence electrons. The van der Waals surface area contributed by atoms with Gasteiger partial charge < -0.3 is 64.6 Å². The Morgan fingerprint density at radius 3 is 1.90 bits per heavy atom. The van der Waals surface area contributed by atoms with Crippen LogP contribution in [-0.2, 0) is 38.1 Å². The van der Waals surface area contributed by atoms with Crippen molar-refractivity contribution >= 4 is 23.7 Å². The van der Waals surface area contributed by atoms with E-state index in [1.165, 1.54) is 0 Å². The number of carboxylic acids is 3. The van der Waals surface area contributed by atoms with Crippen LogP contribution in [0.25, 0.3) is 0 Å². The van der Waals surface area contributed by atoms with Gasteiger partial charge in [-0.1, -0.05) is 54.0 Å². The quantitative estimate of drug-likeness (QED) is 0.107. The number of ether oxygens (including phenoxy) is 4. The third-order valence-corrected chi connectivity index (χ3v) is 17.2. The molecule has 6 fully saturated rings. The second-order valence-electron chi connectivity index (χ2n) is 20.6. The maximum atomic E-state index is 14.8. The third-order valence-electron chi connectivity index (χ3n) is 17.2. The summed E-state index contributed by atoms with van der Waals surface area (Å²) in [5.41, 5.74) is -2.03. The molecular weight excluding hydrogens is 800 g/mol. The van der Waals surface area contributed by atoms with Gasteiger partial charge in [-0.15, -0.1) is 0 Å². The Labute approximate surface area is 386 Å². The van der Waals surface area contributed by atoms with Crippen LogP contribution in [0.3, 0.4) is 0 Å². The van der Waals surface area contributed by atoms with E-state index in [1.807, 2.05) is 19.9 Å². The number of aliphatic hydroxyl groups excluding tert-OH is 5. The van der Waals surface area contributed by atoms with Crippen molar-refractivity contribution < 1.29 is 130 Å². The van der Waals surface area contributed by atoms with E-state index in [9.17, 15) is 60.0 Å². The number of carboxylic acid groups (broad SMARTS) is 3. The summed E-state index contributed by atoms with van der Waals surface area (Å²) in [5, 5.41) is 85.1. The Bertz CT molecular complexity index is 1740. The molecule has 17 heteroatoms. The van der Waals surface area contributed by atoms with Crippen LogP contribution in [0, 0.1) is 50.2 Å². The summed E-state index contributed by atoms with van der Waals surface area (Å²) in [7, 11) is 0. The fraction of sp³-hybridized carbons (Fsp3) is 0.857. The van der Waals surface area contributed by atoms with Crippen molar-refractivity contribution in [3.05, 3.63) is 11.6 Å². The molecule has 0 spiro atoms. The van der Waals surface area contributed by atoms with Crippen LogP contribution in [0.1, 0.15) is 106 Å². The van der Waals surface area contributed by atoms with E-state index in [0.29, 0.717) is 38.5 Å². The molecule has 16 nitrogen and oxygen atoms in total. The molecule has 59 heavy (non-hydrogen) atoms. The number of ketones is 1. The van der Waals surface area contributed by atoms with Crippen LogP contribution in [-0.4, -0.2) is 127 Å². The minimum absolute atomic E-state index is 0. The monoisotopic (exact) mass is 860 g/mol. The van der Waals surface area contributed by atoms with Crippen molar-refractivity contribution in [1.82, 2.24) is 0 Å². The van der Waals surface area contributed by atoms with E-state index in [1.54, 1.807) is 6.92 Å². The number of carbonyl (C=O) groups excluding carboxylic acids is 2. The number of aliphatic hydroxyl groups is 5. The molecule has 0 bridgehead atoms. The summed E-state index contributed by atoms with van der Waals surface area (Å²) < 4.78 is 23.4. The Kier molecular flexibility index (Phi) is 12.9. The van der Waals surface area contributed by atoms with Crippen molar-refractivity contribution in [2.75, 3.05) is 0 Å². The molecule has 7 rings (SSSR count). The molecule has 0 amide bonds. The number of aliphatic carboxylic acids is 3. The fourth-order valence-corrected chi connectivity index (χ4v) is 13.4. The summed E-state index contributed by atoms with van der Waals surface area (Å²) in [6, 6.07) is 0. The van der Waals surface area contributed by atoms with Crippen LogP contribution < -0.4 is 56.5 Å². The van der Waals surface area contributed by atoms with Gasteiger partial charge in [0, 0.05) is 17.3 Å². The van der Waals surface area contributed by atoms with Crippen LogP contribution in [0.15, 0.2) is 11.6 Å². The molecule has 0 radical (unpaired) electrons. The summed E-state index contributed by atoms with van der Waals surface area (Å²) >= 11 is 0. The van der Waals surface area contributed by atoms with Crippen molar-refractivity contribution in [2.24, 2.45) is 50.2 Å². The predicted molar refractivity (Wildman–Crippen MR) is 197 cm³/mol. The van der Waals surface area contributed by atoms with Gasteiger partial charge in [-0.05, 0) is 103 Å². The van der Waals surface area contributed by atoms with Crippen LogP contribution in [0.4, 0.5) is 0 Å². The van der Waals surface area contributed by atoms with Crippen LogP contribution in [0.2, 0.25) is 0 Å². The van der Waals surface area contributed by atoms with E-state index in [2.05, 4.69) is 27.7 Å². The SMILES string of the molecule is CC1(C)[C@@H](O[C@@H]2O[C@H](C(=O)O)[C@@H](O)[C@H](O)[C@H]2O[C@@H]2O[C@H](C(=O)O)[C@@H](O)[C@H](O)[C@H]2O)CC[C@]2(C)[C@H]3C(=O)C=C4[C@@H]5C[C@@](C)(C(=O)[O-])CC[C@]5(C)CC[C@@]4(C)[C@]3(C)CC[C@@H]12.[K+]. The van der Waals surface area contributed by atoms with Gasteiger partial charge in [0.2, 0.25) is 0 Å². The molecule has 19 atom stereocenters. The average Bonchev–Trinajstić information content (AvgIpc) is 3.13. The number of allylic oxidation sites excluding steroid dienone is 2. The minimum Gasteiger partial charge on any atom is -0.550 e.